The van der Waals surface area contributed by atoms with Crippen molar-refractivity contribution in [1.82, 2.24) is 14.9 Å². The van der Waals surface area contributed by atoms with Crippen molar-refractivity contribution >= 4 is 21.6 Å². The highest BCUT2D eigenvalue weighted by Crippen LogP contribution is 2.22. The van der Waals surface area contributed by atoms with Gasteiger partial charge in [-0.3, -0.25) is 9.52 Å². The molecule has 0 bridgehead atoms. The lowest BCUT2D eigenvalue weighted by Gasteiger charge is -2.12. The highest BCUT2D eigenvalue weighted by atomic mass is 32.2. The van der Waals surface area contributed by atoms with Crippen molar-refractivity contribution in [3.63, 3.8) is 0 Å². The summed E-state index contributed by atoms with van der Waals surface area (Å²) in [5, 5.41) is 2.73. The van der Waals surface area contributed by atoms with Crippen LogP contribution in [0.2, 0.25) is 0 Å². The van der Waals surface area contributed by atoms with E-state index in [0.717, 1.165) is 11.1 Å². The fraction of sp³-hybridized carbons (Fsp3) is 0.154. The Labute approximate surface area is 203 Å². The van der Waals surface area contributed by atoms with Gasteiger partial charge in [0.2, 0.25) is 0 Å². The Kier molecular flexibility index (Phi) is 6.70. The molecule has 0 saturated carbocycles. The van der Waals surface area contributed by atoms with E-state index in [9.17, 15) is 17.6 Å². The van der Waals surface area contributed by atoms with Crippen molar-refractivity contribution in [3.05, 3.63) is 107 Å². The molecule has 0 aliphatic rings. The maximum atomic E-state index is 14.6. The molecule has 0 saturated heterocycles. The van der Waals surface area contributed by atoms with E-state index in [0.29, 0.717) is 28.3 Å². The van der Waals surface area contributed by atoms with Gasteiger partial charge in [0.1, 0.15) is 11.6 Å². The topological polar surface area (TPSA) is 93.1 Å². The van der Waals surface area contributed by atoms with Crippen LogP contribution in [0.3, 0.4) is 0 Å². The summed E-state index contributed by atoms with van der Waals surface area (Å²) in [7, 11) is -3.81. The van der Waals surface area contributed by atoms with Gasteiger partial charge in [0.25, 0.3) is 15.9 Å². The van der Waals surface area contributed by atoms with E-state index >= 15 is 0 Å². The van der Waals surface area contributed by atoms with E-state index in [2.05, 4.69) is 15.0 Å². The van der Waals surface area contributed by atoms with Crippen LogP contribution in [0.4, 0.5) is 10.1 Å². The molecule has 2 N–H and O–H groups in total. The molecule has 180 valence electrons. The zero-order chi connectivity index (χ0) is 25.2. The number of hydrogen-bond donors (Lipinski definition) is 2. The van der Waals surface area contributed by atoms with E-state index in [1.54, 1.807) is 48.1 Å². The van der Waals surface area contributed by atoms with Gasteiger partial charge < -0.3 is 9.88 Å². The molecule has 0 aliphatic carbocycles. The minimum Gasteiger partial charge on any atom is -0.348 e. The predicted octanol–water partition coefficient (Wildman–Crippen LogP) is 4.67. The van der Waals surface area contributed by atoms with Crippen molar-refractivity contribution in [1.29, 1.82) is 0 Å². The Hall–Kier alpha value is -3.98. The third-order valence-corrected chi connectivity index (χ3v) is 7.21. The molecule has 0 spiro atoms. The van der Waals surface area contributed by atoms with Crippen LogP contribution in [0.25, 0.3) is 5.69 Å². The molecule has 7 nitrogen and oxygen atoms in total. The zero-order valence-corrected chi connectivity index (χ0v) is 20.4. The molecule has 0 atom stereocenters. The van der Waals surface area contributed by atoms with Crippen LogP contribution in [0.15, 0.2) is 78.0 Å². The standard InChI is InChI=1S/C26H25FN4O3S/c1-17-5-4-6-24(18(17)2)30-35(33,34)22-10-8-21(9-11-22)26(32)29-16-20-7-12-25(23(27)15-20)31-14-13-28-19(31)3/h4-15,30H,16H2,1-3H3,(H,29,32). The van der Waals surface area contributed by atoms with Crippen LogP contribution >= 0.6 is 0 Å². The minimum absolute atomic E-state index is 0.0439. The zero-order valence-electron chi connectivity index (χ0n) is 19.5. The van der Waals surface area contributed by atoms with E-state index in [4.69, 9.17) is 0 Å². The number of benzene rings is 3. The average molecular weight is 493 g/mol. The number of imidazole rings is 1. The molecule has 0 unspecified atom stereocenters. The molecule has 35 heavy (non-hydrogen) atoms. The maximum absolute atomic E-state index is 14.6. The number of hydrogen-bond acceptors (Lipinski definition) is 4. The van der Waals surface area contributed by atoms with Gasteiger partial charge in [-0.15, -0.1) is 0 Å². The van der Waals surface area contributed by atoms with Crippen molar-refractivity contribution in [2.45, 2.75) is 32.2 Å². The maximum Gasteiger partial charge on any atom is 0.261 e. The largest absolute Gasteiger partial charge is 0.348 e. The van der Waals surface area contributed by atoms with Gasteiger partial charge in [0, 0.05) is 24.5 Å². The van der Waals surface area contributed by atoms with Gasteiger partial charge >= 0.3 is 0 Å². The smallest absolute Gasteiger partial charge is 0.261 e. The summed E-state index contributed by atoms with van der Waals surface area (Å²) in [4.78, 5) is 16.7. The van der Waals surface area contributed by atoms with Gasteiger partial charge in [-0.1, -0.05) is 18.2 Å². The van der Waals surface area contributed by atoms with Gasteiger partial charge in [-0.2, -0.15) is 0 Å². The van der Waals surface area contributed by atoms with Gasteiger partial charge in [0.15, 0.2) is 0 Å². The first-order valence-corrected chi connectivity index (χ1v) is 12.4. The Morgan fingerprint density at radius 2 is 1.77 bits per heavy atom. The number of anilines is 1. The summed E-state index contributed by atoms with van der Waals surface area (Å²) in [5.74, 6) is -0.158. The first kappa shape index (κ1) is 24.2. The Bertz CT molecular complexity index is 1500. The fourth-order valence-corrected chi connectivity index (χ4v) is 4.75. The predicted molar refractivity (Wildman–Crippen MR) is 133 cm³/mol. The fourth-order valence-electron chi connectivity index (χ4n) is 3.62. The SMILES string of the molecule is Cc1cccc(NS(=O)(=O)c2ccc(C(=O)NCc3ccc(-n4ccnc4C)c(F)c3)cc2)c1C. The van der Waals surface area contributed by atoms with E-state index in [1.807, 2.05) is 19.9 Å². The molecule has 9 heteroatoms. The summed E-state index contributed by atoms with van der Waals surface area (Å²) in [6.07, 6.45) is 3.27. The monoisotopic (exact) mass is 492 g/mol. The minimum atomic E-state index is -3.81. The summed E-state index contributed by atoms with van der Waals surface area (Å²) >= 11 is 0. The second kappa shape index (κ2) is 9.71. The van der Waals surface area contributed by atoms with Crippen LogP contribution in [-0.4, -0.2) is 23.9 Å². The van der Waals surface area contributed by atoms with Crippen molar-refractivity contribution in [2.75, 3.05) is 4.72 Å². The van der Waals surface area contributed by atoms with E-state index < -0.39 is 21.7 Å². The summed E-state index contributed by atoms with van der Waals surface area (Å²) in [6, 6.07) is 15.8. The number of nitrogens with one attached hydrogen (secondary N) is 2. The normalized spacial score (nSPS) is 11.3. The number of aromatic nitrogens is 2. The third-order valence-electron chi connectivity index (χ3n) is 5.83. The van der Waals surface area contributed by atoms with Gasteiger partial charge in [-0.05, 0) is 79.9 Å². The van der Waals surface area contributed by atoms with Gasteiger partial charge in [-0.25, -0.2) is 17.8 Å². The molecule has 0 aliphatic heterocycles. The first-order chi connectivity index (χ1) is 16.7. The second-order valence-electron chi connectivity index (χ2n) is 8.19. The lowest BCUT2D eigenvalue weighted by molar-refractivity contribution is 0.0950. The van der Waals surface area contributed by atoms with Crippen LogP contribution in [0.5, 0.6) is 0 Å². The van der Waals surface area contributed by atoms with Crippen molar-refractivity contribution in [2.24, 2.45) is 0 Å². The molecule has 1 aromatic heterocycles. The van der Waals surface area contributed by atoms with Crippen LogP contribution in [0.1, 0.15) is 32.9 Å². The summed E-state index contributed by atoms with van der Waals surface area (Å²) in [6.45, 7) is 5.65. The number of carbonyl (C=O) groups is 1. The van der Waals surface area contributed by atoms with Crippen LogP contribution in [-0.2, 0) is 16.6 Å². The van der Waals surface area contributed by atoms with Crippen molar-refractivity contribution < 1.29 is 17.6 Å². The third kappa shape index (κ3) is 5.25. The first-order valence-electron chi connectivity index (χ1n) is 10.9. The molecule has 3 aromatic carbocycles. The highest BCUT2D eigenvalue weighted by molar-refractivity contribution is 7.92. The summed E-state index contributed by atoms with van der Waals surface area (Å²) < 4.78 is 44.3. The molecule has 1 heterocycles. The Morgan fingerprint density at radius 1 is 1.03 bits per heavy atom. The number of carbonyl (C=O) groups excluding carboxylic acids is 1. The van der Waals surface area contributed by atoms with E-state index in [-0.39, 0.29) is 11.4 Å². The van der Waals surface area contributed by atoms with Crippen LogP contribution < -0.4 is 10.0 Å². The number of aryl methyl sites for hydroxylation is 2. The molecular weight excluding hydrogens is 467 g/mol. The lowest BCUT2D eigenvalue weighted by Crippen LogP contribution is -2.23. The number of halogens is 1. The summed E-state index contributed by atoms with van der Waals surface area (Å²) in [5.41, 5.74) is 3.59. The molecule has 4 aromatic rings. The molecular formula is C26H25FN4O3S. The van der Waals surface area contributed by atoms with E-state index in [1.165, 1.54) is 30.3 Å². The van der Waals surface area contributed by atoms with Crippen LogP contribution in [0, 0.1) is 26.6 Å². The number of sulfonamides is 1. The number of rotatable bonds is 7. The molecule has 0 radical (unpaired) electrons. The lowest BCUT2D eigenvalue weighted by atomic mass is 10.1. The molecule has 1 amide bonds. The van der Waals surface area contributed by atoms with Gasteiger partial charge in [0.05, 0.1) is 16.3 Å². The molecule has 4 rings (SSSR count). The quantitative estimate of drug-likeness (QED) is 0.392. The van der Waals surface area contributed by atoms with Crippen molar-refractivity contribution in [3.8, 4) is 5.69 Å². The second-order valence-corrected chi connectivity index (χ2v) is 9.87. The number of amides is 1. The highest BCUT2D eigenvalue weighted by Gasteiger charge is 2.17. The molecule has 0 fully saturated rings. The average Bonchev–Trinajstić information content (AvgIpc) is 3.26. The number of nitrogens with zero attached hydrogens (tertiary/aromatic N) is 2. The Balaban J connectivity index is 1.41. The Morgan fingerprint density at radius 3 is 2.43 bits per heavy atom.